The molecule has 1 unspecified atom stereocenters. The normalized spacial score (nSPS) is 16.4. The Morgan fingerprint density at radius 3 is 2.03 bits per heavy atom. The van der Waals surface area contributed by atoms with Crippen molar-refractivity contribution in [1.29, 1.82) is 0 Å². The topological polar surface area (TPSA) is 75.6 Å². The molecule has 1 saturated carbocycles. The average molecular weight is 500 g/mol. The van der Waals surface area contributed by atoms with Gasteiger partial charge in [-0.2, -0.15) is 0 Å². The van der Waals surface area contributed by atoms with Gasteiger partial charge >= 0.3 is 0 Å². The summed E-state index contributed by atoms with van der Waals surface area (Å²) in [6, 6.07) is 23.1. The monoisotopic (exact) mass is 499 g/mol. The molecule has 3 aromatic rings. The first kappa shape index (κ1) is 26.5. The highest BCUT2D eigenvalue weighted by atomic mass is 16.5. The molecule has 1 aliphatic carbocycles. The summed E-state index contributed by atoms with van der Waals surface area (Å²) < 4.78 is 6.21. The molecule has 2 N–H and O–H groups in total. The van der Waals surface area contributed by atoms with Crippen LogP contribution in [0.1, 0.15) is 79.4 Å². The van der Waals surface area contributed by atoms with Crippen LogP contribution in [0.25, 0.3) is 0 Å². The molecule has 1 fully saturated rings. The van der Waals surface area contributed by atoms with Crippen LogP contribution >= 0.6 is 0 Å². The van der Waals surface area contributed by atoms with Gasteiger partial charge in [0.2, 0.25) is 0 Å². The number of aromatic hydroxyl groups is 1. The zero-order chi connectivity index (χ0) is 26.5. The fraction of sp³-hybridized carbons (Fsp3) is 0.375. The molecule has 0 saturated heterocycles. The van der Waals surface area contributed by atoms with E-state index >= 15 is 0 Å². The van der Waals surface area contributed by atoms with Crippen molar-refractivity contribution in [3.63, 3.8) is 0 Å². The summed E-state index contributed by atoms with van der Waals surface area (Å²) in [4.78, 5) is 25.5. The highest BCUT2D eigenvalue weighted by Gasteiger charge is 2.37. The Labute approximate surface area is 219 Å². The van der Waals surface area contributed by atoms with Crippen molar-refractivity contribution in [2.75, 3.05) is 6.54 Å². The first-order valence-electron chi connectivity index (χ1n) is 13.2. The van der Waals surface area contributed by atoms with Crippen LogP contribution in [-0.4, -0.2) is 28.9 Å². The van der Waals surface area contributed by atoms with E-state index in [-0.39, 0.29) is 29.4 Å². The number of phenolic OH excluding ortho intramolecular Hbond substituents is 1. The highest BCUT2D eigenvalue weighted by molar-refractivity contribution is 6.00. The second-order valence-corrected chi connectivity index (χ2v) is 10.4. The molecule has 1 aliphatic rings. The largest absolute Gasteiger partial charge is 0.508 e. The fourth-order valence-electron chi connectivity index (χ4n) is 5.25. The van der Waals surface area contributed by atoms with E-state index in [0.717, 1.165) is 12.8 Å². The minimum atomic E-state index is -1.11. The molecule has 0 bridgehead atoms. The lowest BCUT2D eigenvalue weighted by Crippen LogP contribution is -2.49. The molecule has 1 atom stereocenters. The van der Waals surface area contributed by atoms with E-state index in [2.05, 4.69) is 48.6 Å². The smallest absolute Gasteiger partial charge is 0.264 e. The number of amides is 1. The lowest BCUT2D eigenvalue weighted by Gasteiger charge is -2.39. The number of aryl methyl sites for hydroxylation is 1. The zero-order valence-electron chi connectivity index (χ0n) is 22.0. The summed E-state index contributed by atoms with van der Waals surface area (Å²) in [5.74, 6) is 0.148. The Hall–Kier alpha value is -3.60. The number of nitrogens with one attached hydrogen (secondary N) is 1. The van der Waals surface area contributed by atoms with E-state index in [1.54, 1.807) is 6.92 Å². The summed E-state index contributed by atoms with van der Waals surface area (Å²) in [5.41, 5.74) is 3.23. The second kappa shape index (κ2) is 11.2. The third-order valence-electron chi connectivity index (χ3n) is 7.82. The van der Waals surface area contributed by atoms with E-state index in [1.165, 1.54) is 60.2 Å². The number of benzene rings is 3. The molecule has 4 rings (SSSR count). The maximum Gasteiger partial charge on any atom is 0.264 e. The minimum Gasteiger partial charge on any atom is -0.508 e. The molecule has 5 nitrogen and oxygen atoms in total. The predicted molar refractivity (Wildman–Crippen MR) is 146 cm³/mol. The number of rotatable bonds is 9. The molecule has 0 heterocycles. The summed E-state index contributed by atoms with van der Waals surface area (Å²) in [5, 5.41) is 12.1. The van der Waals surface area contributed by atoms with Gasteiger partial charge in [0.1, 0.15) is 11.5 Å². The standard InChI is InChI=1S/C32H37NO4/c1-4-31(3,30(36)33-22-29(35)24-10-16-27(34)17-11-24)37-28-18-14-26(15-19-28)32(20-6-5-7-21-32)25-12-8-23(2)9-13-25/h8-19,34H,4-7,20-22H2,1-3H3,(H,33,36). The van der Waals surface area contributed by atoms with Crippen LogP contribution in [0, 0.1) is 6.92 Å². The number of Topliss-reactive ketones (excluding diaryl/α,β-unsaturated/α-hetero) is 1. The molecule has 3 aromatic carbocycles. The van der Waals surface area contributed by atoms with Gasteiger partial charge in [0.15, 0.2) is 11.4 Å². The van der Waals surface area contributed by atoms with Crippen LogP contribution in [0.4, 0.5) is 0 Å². The number of phenols is 1. The van der Waals surface area contributed by atoms with E-state index in [4.69, 9.17) is 4.74 Å². The van der Waals surface area contributed by atoms with Gasteiger partial charge in [0, 0.05) is 11.0 Å². The zero-order valence-corrected chi connectivity index (χ0v) is 22.0. The van der Waals surface area contributed by atoms with Crippen LogP contribution in [0.3, 0.4) is 0 Å². The third-order valence-corrected chi connectivity index (χ3v) is 7.82. The fourth-order valence-corrected chi connectivity index (χ4v) is 5.25. The van der Waals surface area contributed by atoms with E-state index in [1.807, 2.05) is 19.1 Å². The van der Waals surface area contributed by atoms with Crippen molar-refractivity contribution in [2.45, 2.75) is 70.3 Å². The lowest BCUT2D eigenvalue weighted by atomic mass is 9.65. The van der Waals surface area contributed by atoms with Crippen molar-refractivity contribution >= 4 is 11.7 Å². The van der Waals surface area contributed by atoms with Crippen LogP contribution in [-0.2, 0) is 10.2 Å². The van der Waals surface area contributed by atoms with Gasteiger partial charge in [-0.15, -0.1) is 0 Å². The van der Waals surface area contributed by atoms with Crippen LogP contribution < -0.4 is 10.1 Å². The van der Waals surface area contributed by atoms with Crippen LogP contribution in [0.2, 0.25) is 0 Å². The summed E-state index contributed by atoms with van der Waals surface area (Å²) in [6.45, 7) is 5.62. The second-order valence-electron chi connectivity index (χ2n) is 10.4. The number of hydrogen-bond donors (Lipinski definition) is 2. The maximum absolute atomic E-state index is 13.0. The molecule has 0 aromatic heterocycles. The van der Waals surface area contributed by atoms with Crippen molar-refractivity contribution in [3.8, 4) is 11.5 Å². The number of carbonyl (C=O) groups excluding carboxylic acids is 2. The van der Waals surface area contributed by atoms with Crippen molar-refractivity contribution in [2.24, 2.45) is 0 Å². The number of hydrogen-bond acceptors (Lipinski definition) is 4. The molecule has 37 heavy (non-hydrogen) atoms. The molecular weight excluding hydrogens is 462 g/mol. The lowest BCUT2D eigenvalue weighted by molar-refractivity contribution is -0.135. The van der Waals surface area contributed by atoms with Gasteiger partial charge < -0.3 is 15.2 Å². The number of ether oxygens (including phenoxy) is 1. The molecular formula is C32H37NO4. The van der Waals surface area contributed by atoms with Gasteiger partial charge in [-0.05, 0) is 80.6 Å². The quantitative estimate of drug-likeness (QED) is 0.330. The Bertz CT molecular complexity index is 1210. The van der Waals surface area contributed by atoms with Gasteiger partial charge in [0.25, 0.3) is 5.91 Å². The summed E-state index contributed by atoms with van der Waals surface area (Å²) in [6.07, 6.45) is 6.39. The Balaban J connectivity index is 1.47. The average Bonchev–Trinajstić information content (AvgIpc) is 2.93. The molecule has 1 amide bonds. The van der Waals surface area contributed by atoms with E-state index < -0.39 is 5.60 Å². The first-order chi connectivity index (χ1) is 17.8. The number of ketones is 1. The van der Waals surface area contributed by atoms with Gasteiger partial charge in [-0.25, -0.2) is 0 Å². The van der Waals surface area contributed by atoms with Crippen molar-refractivity contribution in [1.82, 2.24) is 5.32 Å². The summed E-state index contributed by atoms with van der Waals surface area (Å²) in [7, 11) is 0. The predicted octanol–water partition coefficient (Wildman–Crippen LogP) is 6.50. The molecule has 0 aliphatic heterocycles. The van der Waals surface area contributed by atoms with Crippen LogP contribution in [0.15, 0.2) is 72.8 Å². The SMILES string of the molecule is CCC(C)(Oc1ccc(C2(c3ccc(C)cc3)CCCCC2)cc1)C(=O)NCC(=O)c1ccc(O)cc1. The maximum atomic E-state index is 13.0. The van der Waals surface area contributed by atoms with Crippen LogP contribution in [0.5, 0.6) is 11.5 Å². The van der Waals surface area contributed by atoms with E-state index in [0.29, 0.717) is 17.7 Å². The van der Waals surface area contributed by atoms with E-state index in [9.17, 15) is 14.7 Å². The third kappa shape index (κ3) is 5.87. The first-order valence-corrected chi connectivity index (χ1v) is 13.2. The number of carbonyl (C=O) groups is 2. The highest BCUT2D eigenvalue weighted by Crippen LogP contribution is 2.45. The Kier molecular flexibility index (Phi) is 8.01. The Morgan fingerprint density at radius 1 is 0.892 bits per heavy atom. The molecule has 194 valence electrons. The molecule has 0 spiro atoms. The van der Waals surface area contributed by atoms with Gasteiger partial charge in [-0.3, -0.25) is 9.59 Å². The van der Waals surface area contributed by atoms with Gasteiger partial charge in [-0.1, -0.05) is 68.1 Å². The molecule has 0 radical (unpaired) electrons. The Morgan fingerprint density at radius 2 is 1.46 bits per heavy atom. The van der Waals surface area contributed by atoms with Crippen molar-refractivity contribution in [3.05, 3.63) is 95.1 Å². The minimum absolute atomic E-state index is 0.00447. The van der Waals surface area contributed by atoms with Crippen molar-refractivity contribution < 1.29 is 19.4 Å². The van der Waals surface area contributed by atoms with Gasteiger partial charge in [0.05, 0.1) is 6.54 Å². The molecule has 5 heteroatoms. The summed E-state index contributed by atoms with van der Waals surface area (Å²) >= 11 is 0.